The molecule has 0 saturated heterocycles. The van der Waals surface area contributed by atoms with Gasteiger partial charge in [0.15, 0.2) is 0 Å². The highest BCUT2D eigenvalue weighted by atomic mass is 19.1. The van der Waals surface area contributed by atoms with Gasteiger partial charge in [0.1, 0.15) is 54.1 Å². The molecule has 0 unspecified atom stereocenters. The number of benzene rings is 4. The van der Waals surface area contributed by atoms with Crippen LogP contribution in [-0.2, 0) is 54.7 Å². The van der Waals surface area contributed by atoms with Crippen molar-refractivity contribution in [1.82, 2.24) is 10.2 Å². The van der Waals surface area contributed by atoms with E-state index in [9.17, 15) is 32.8 Å². The van der Waals surface area contributed by atoms with Gasteiger partial charge in [-0.3, -0.25) is 24.1 Å². The van der Waals surface area contributed by atoms with Crippen molar-refractivity contribution in [3.05, 3.63) is 118 Å². The van der Waals surface area contributed by atoms with Crippen molar-refractivity contribution in [2.45, 2.75) is 168 Å². The Labute approximate surface area is 452 Å². The standard InChI is InChI=1S/C35H47FN2O6.C26H31FN2O4/c1-34(2,3)43-32(40)17-18-37(33(41)44-35(4,5)6)22-31(39)38-19-16-26-20-28(14-15-30(26)38)42-23-27-13-12-25(21-29(27)36)24-10-8-7-9-11-24;27-23-15-19(18-4-2-1-3-5-18)6-7-21(23)17-33-22-8-9-24-20(14-22)11-13-29(24)25(30)16-28-12-10-26(31)32/h12-15,20-21,24H,7-11,16-19,22-23H2,1-6H3;6-9,14-15,18,28H,1-5,10-13,16-17H2,(H,31,32). The second-order valence-electron chi connectivity index (χ2n) is 22.7. The van der Waals surface area contributed by atoms with Gasteiger partial charge in [0.2, 0.25) is 11.8 Å². The minimum Gasteiger partial charge on any atom is -0.489 e. The van der Waals surface area contributed by atoms with E-state index < -0.39 is 29.2 Å². The molecule has 8 rings (SSSR count). The summed E-state index contributed by atoms with van der Waals surface area (Å²) in [4.78, 5) is 66.3. The molecule has 0 radical (unpaired) electrons. The van der Waals surface area contributed by atoms with Gasteiger partial charge in [0.25, 0.3) is 0 Å². The van der Waals surface area contributed by atoms with Crippen molar-refractivity contribution in [1.29, 1.82) is 0 Å². The van der Waals surface area contributed by atoms with E-state index in [0.29, 0.717) is 54.0 Å². The Kier molecular flexibility index (Phi) is 20.1. The number of ether oxygens (including phenoxy) is 4. The van der Waals surface area contributed by atoms with Gasteiger partial charge in [-0.15, -0.1) is 0 Å². The quantitative estimate of drug-likeness (QED) is 0.0720. The van der Waals surface area contributed by atoms with E-state index in [1.165, 1.54) is 43.4 Å². The summed E-state index contributed by atoms with van der Waals surface area (Å²) in [5.74, 6) is -0.0274. The van der Waals surface area contributed by atoms with Crippen LogP contribution in [0.25, 0.3) is 0 Å². The number of fused-ring (bicyclic) bond motifs is 2. The predicted octanol–water partition coefficient (Wildman–Crippen LogP) is 11.7. The van der Waals surface area contributed by atoms with E-state index in [4.69, 9.17) is 24.1 Å². The molecule has 2 aliphatic heterocycles. The number of carboxylic acid groups (broad SMARTS) is 1. The molecule has 2 heterocycles. The summed E-state index contributed by atoms with van der Waals surface area (Å²) in [6, 6.07) is 22.1. The zero-order valence-corrected chi connectivity index (χ0v) is 45.9. The van der Waals surface area contributed by atoms with Crippen LogP contribution in [0, 0.1) is 11.6 Å². The molecule has 2 aliphatic carbocycles. The average molecular weight is 1070 g/mol. The highest BCUT2D eigenvalue weighted by Gasteiger charge is 2.31. The molecule has 416 valence electrons. The third kappa shape index (κ3) is 17.2. The molecule has 14 nitrogen and oxygen atoms in total. The van der Waals surface area contributed by atoms with Crippen LogP contribution < -0.4 is 24.6 Å². The molecule has 77 heavy (non-hydrogen) atoms. The number of carboxylic acids is 1. The number of esters is 1. The summed E-state index contributed by atoms with van der Waals surface area (Å²) in [6.07, 6.45) is 12.5. The third-order valence-corrected chi connectivity index (χ3v) is 14.4. The summed E-state index contributed by atoms with van der Waals surface area (Å²) in [5, 5.41) is 11.5. The molecule has 0 aromatic heterocycles. The number of nitrogens with one attached hydrogen (secondary N) is 1. The monoisotopic (exact) mass is 1060 g/mol. The first-order chi connectivity index (χ1) is 36.7. The lowest BCUT2D eigenvalue weighted by Gasteiger charge is -2.29. The lowest BCUT2D eigenvalue weighted by atomic mass is 9.84. The Morgan fingerprint density at radius 1 is 0.623 bits per heavy atom. The van der Waals surface area contributed by atoms with Gasteiger partial charge in [-0.05, 0) is 163 Å². The van der Waals surface area contributed by atoms with Crippen molar-refractivity contribution in [3.8, 4) is 11.5 Å². The molecule has 0 spiro atoms. The van der Waals surface area contributed by atoms with E-state index in [-0.39, 0.29) is 75.7 Å². The Bertz CT molecular complexity index is 2710. The van der Waals surface area contributed by atoms with Crippen LogP contribution >= 0.6 is 0 Å². The molecule has 3 amide bonds. The number of carbonyl (C=O) groups is 5. The zero-order valence-electron chi connectivity index (χ0n) is 45.9. The van der Waals surface area contributed by atoms with Gasteiger partial charge < -0.3 is 39.2 Å². The molecular formula is C61H78F2N4O10. The van der Waals surface area contributed by atoms with Crippen LogP contribution in [0.5, 0.6) is 11.5 Å². The molecular weight excluding hydrogens is 987 g/mol. The lowest BCUT2D eigenvalue weighted by Crippen LogP contribution is -2.45. The van der Waals surface area contributed by atoms with Gasteiger partial charge >= 0.3 is 18.0 Å². The summed E-state index contributed by atoms with van der Waals surface area (Å²) < 4.78 is 52.3. The van der Waals surface area contributed by atoms with Gasteiger partial charge in [0.05, 0.1) is 19.4 Å². The van der Waals surface area contributed by atoms with Crippen molar-refractivity contribution in [3.63, 3.8) is 0 Å². The maximum Gasteiger partial charge on any atom is 0.410 e. The Hall–Kier alpha value is -6.55. The maximum absolute atomic E-state index is 14.9. The fraction of sp³-hybridized carbons (Fsp3) is 0.525. The summed E-state index contributed by atoms with van der Waals surface area (Å²) in [6.45, 7) is 11.9. The minimum atomic E-state index is -0.894. The van der Waals surface area contributed by atoms with Gasteiger partial charge in [0, 0.05) is 48.7 Å². The molecule has 0 atom stereocenters. The SMILES string of the molecule is CC(C)(C)OC(=O)CCN(CC(=O)N1CCc2cc(OCc3ccc(C4CCCCC4)cc3F)ccc21)C(=O)OC(C)(C)C.O=C(O)CCNCC(=O)N1CCc2cc(OCc3ccc(C4CCCCC4)cc3F)ccc21. The van der Waals surface area contributed by atoms with Gasteiger partial charge in [-0.1, -0.05) is 62.8 Å². The number of aliphatic carboxylic acids is 1. The molecule has 4 aromatic rings. The predicted molar refractivity (Wildman–Crippen MR) is 292 cm³/mol. The summed E-state index contributed by atoms with van der Waals surface area (Å²) in [7, 11) is 0. The molecule has 0 bridgehead atoms. The number of hydrogen-bond donors (Lipinski definition) is 2. The number of rotatable bonds is 18. The highest BCUT2D eigenvalue weighted by Crippen LogP contribution is 2.37. The number of anilines is 2. The number of nitrogens with zero attached hydrogens (tertiary/aromatic N) is 3. The first-order valence-electron chi connectivity index (χ1n) is 27.5. The number of amides is 3. The van der Waals surface area contributed by atoms with Crippen molar-refractivity contribution < 1.29 is 56.8 Å². The zero-order chi connectivity index (χ0) is 55.3. The van der Waals surface area contributed by atoms with Crippen LogP contribution in [-0.4, -0.2) is 90.3 Å². The van der Waals surface area contributed by atoms with Crippen molar-refractivity contribution in [2.75, 3.05) is 49.1 Å². The number of carbonyl (C=O) groups excluding carboxylic acids is 4. The topological polar surface area (TPSA) is 164 Å². The molecule has 4 aromatic carbocycles. The largest absolute Gasteiger partial charge is 0.489 e. The smallest absolute Gasteiger partial charge is 0.410 e. The maximum atomic E-state index is 14.9. The van der Waals surface area contributed by atoms with Crippen LogP contribution in [0.15, 0.2) is 72.8 Å². The third-order valence-electron chi connectivity index (χ3n) is 14.4. The highest BCUT2D eigenvalue weighted by molar-refractivity contribution is 5.98. The van der Waals surface area contributed by atoms with E-state index in [1.807, 2.05) is 48.5 Å². The second-order valence-corrected chi connectivity index (χ2v) is 22.7. The Morgan fingerprint density at radius 2 is 1.10 bits per heavy atom. The van der Waals surface area contributed by atoms with E-state index in [2.05, 4.69) is 5.32 Å². The average Bonchev–Trinajstić information content (AvgIpc) is 4.03. The van der Waals surface area contributed by atoms with E-state index >= 15 is 0 Å². The van der Waals surface area contributed by atoms with Crippen LogP contribution in [0.3, 0.4) is 0 Å². The first kappa shape index (κ1) is 58.1. The fourth-order valence-corrected chi connectivity index (χ4v) is 10.4. The fourth-order valence-electron chi connectivity index (χ4n) is 10.4. The lowest BCUT2D eigenvalue weighted by molar-refractivity contribution is -0.155. The van der Waals surface area contributed by atoms with Gasteiger partial charge in [-0.25, -0.2) is 13.6 Å². The Morgan fingerprint density at radius 3 is 1.56 bits per heavy atom. The molecule has 16 heteroatoms. The van der Waals surface area contributed by atoms with Crippen molar-refractivity contribution in [2.24, 2.45) is 0 Å². The molecule has 2 saturated carbocycles. The van der Waals surface area contributed by atoms with Gasteiger partial charge in [-0.2, -0.15) is 0 Å². The molecule has 4 aliphatic rings. The molecule has 2 N–H and O–H groups in total. The van der Waals surface area contributed by atoms with E-state index in [0.717, 1.165) is 65.7 Å². The first-order valence-corrected chi connectivity index (χ1v) is 27.5. The minimum absolute atomic E-state index is 0.0127. The number of hydrogen-bond acceptors (Lipinski definition) is 10. The van der Waals surface area contributed by atoms with Crippen LogP contribution in [0.4, 0.5) is 25.0 Å². The summed E-state index contributed by atoms with van der Waals surface area (Å²) in [5.41, 5.74) is 5.33. The normalized spacial score (nSPS) is 15.7. The molecule has 2 fully saturated rings. The van der Waals surface area contributed by atoms with Crippen molar-refractivity contribution >= 4 is 41.2 Å². The summed E-state index contributed by atoms with van der Waals surface area (Å²) >= 11 is 0. The second kappa shape index (κ2) is 26.7. The van der Waals surface area contributed by atoms with Crippen LogP contribution in [0.2, 0.25) is 0 Å². The number of halogens is 2. The van der Waals surface area contributed by atoms with E-state index in [1.54, 1.807) is 75.6 Å². The van der Waals surface area contributed by atoms with Crippen LogP contribution in [0.1, 0.15) is 164 Å². The Balaban J connectivity index is 0.000000233.